The fraction of sp³-hybridized carbons (Fsp3) is 0.308. The molecule has 0 spiro atoms. The Morgan fingerprint density at radius 2 is 1.79 bits per heavy atom. The summed E-state index contributed by atoms with van der Waals surface area (Å²) in [6.07, 6.45) is 0.907. The van der Waals surface area contributed by atoms with E-state index in [0.29, 0.717) is 34.8 Å². The van der Waals surface area contributed by atoms with Crippen LogP contribution >= 0.6 is 0 Å². The number of amides is 1. The van der Waals surface area contributed by atoms with Gasteiger partial charge >= 0.3 is 0 Å². The zero-order valence-corrected chi connectivity index (χ0v) is 18.6. The van der Waals surface area contributed by atoms with Crippen molar-refractivity contribution in [2.24, 2.45) is 0 Å². The number of anilines is 1. The topological polar surface area (TPSA) is 89.7 Å². The number of benzene rings is 2. The number of pyridine rings is 1. The van der Waals surface area contributed by atoms with Crippen molar-refractivity contribution in [2.45, 2.75) is 18.6 Å². The summed E-state index contributed by atoms with van der Waals surface area (Å²) < 4.78 is 26.1. The predicted molar refractivity (Wildman–Crippen MR) is 126 cm³/mol. The summed E-state index contributed by atoms with van der Waals surface area (Å²) in [7, 11) is 0. The van der Waals surface area contributed by atoms with E-state index in [1.54, 1.807) is 12.1 Å². The van der Waals surface area contributed by atoms with Gasteiger partial charge in [0.15, 0.2) is 0 Å². The molecular weight excluding hydrogens is 435 g/mol. The molecule has 8 heteroatoms. The Kier molecular flexibility index (Phi) is 5.19. The van der Waals surface area contributed by atoms with Crippen molar-refractivity contribution < 1.29 is 18.7 Å². The minimum Gasteiger partial charge on any atom is -0.488 e. The number of aromatic nitrogens is 1. The molecule has 0 unspecified atom stereocenters. The van der Waals surface area contributed by atoms with Crippen molar-refractivity contribution in [3.8, 4) is 28.0 Å². The van der Waals surface area contributed by atoms with Crippen LogP contribution in [0.1, 0.15) is 15.9 Å². The summed E-state index contributed by atoms with van der Waals surface area (Å²) in [6.45, 7) is 4.02. The quantitative estimate of drug-likeness (QED) is 0.569. The molecule has 0 saturated carbocycles. The molecular formula is C26H25FN4O3. The zero-order chi connectivity index (χ0) is 23.2. The average Bonchev–Trinajstić information content (AvgIpc) is 2.77. The maximum atomic E-state index is 14.8. The van der Waals surface area contributed by atoms with Gasteiger partial charge in [-0.3, -0.25) is 9.69 Å². The number of nitrogens with two attached hydrogens (primary N) is 1. The smallest absolute Gasteiger partial charge is 0.251 e. The normalized spacial score (nSPS) is 18.6. The molecule has 2 saturated heterocycles. The van der Waals surface area contributed by atoms with Crippen LogP contribution in [0.5, 0.6) is 5.75 Å². The van der Waals surface area contributed by atoms with E-state index in [1.165, 1.54) is 0 Å². The van der Waals surface area contributed by atoms with Gasteiger partial charge in [-0.1, -0.05) is 24.3 Å². The SMILES string of the molecule is Nc1nc(F)c(-c2ccc(OC3CN(C4COC4)C3)cc2)cc1-c1ccc2c(c1)CCNC2=O. The fourth-order valence-electron chi connectivity index (χ4n) is 4.72. The highest BCUT2D eigenvalue weighted by molar-refractivity contribution is 5.97. The van der Waals surface area contributed by atoms with Gasteiger partial charge in [-0.2, -0.15) is 4.39 Å². The van der Waals surface area contributed by atoms with Crippen molar-refractivity contribution in [3.63, 3.8) is 0 Å². The number of halogens is 1. The lowest BCUT2D eigenvalue weighted by Crippen LogP contribution is -2.62. The number of likely N-dealkylation sites (tertiary alicyclic amines) is 1. The number of carbonyl (C=O) groups excluding carboxylic acids is 1. The summed E-state index contributed by atoms with van der Waals surface area (Å²) in [5.74, 6) is 0.181. The molecule has 7 nitrogen and oxygen atoms in total. The minimum atomic E-state index is -0.621. The maximum Gasteiger partial charge on any atom is 0.251 e. The molecule has 2 fully saturated rings. The van der Waals surface area contributed by atoms with Crippen molar-refractivity contribution in [2.75, 3.05) is 38.6 Å². The lowest BCUT2D eigenvalue weighted by molar-refractivity contribution is -0.115. The summed E-state index contributed by atoms with van der Waals surface area (Å²) >= 11 is 0. The van der Waals surface area contributed by atoms with Gasteiger partial charge in [0.05, 0.1) is 19.3 Å². The van der Waals surface area contributed by atoms with Gasteiger partial charge in [-0.05, 0) is 47.4 Å². The highest BCUT2D eigenvalue weighted by atomic mass is 19.1. The number of rotatable bonds is 5. The van der Waals surface area contributed by atoms with Gasteiger partial charge < -0.3 is 20.5 Å². The highest BCUT2D eigenvalue weighted by Gasteiger charge is 2.37. The number of nitrogen functional groups attached to an aromatic ring is 1. The maximum absolute atomic E-state index is 14.8. The molecule has 2 aromatic carbocycles. The van der Waals surface area contributed by atoms with E-state index in [4.69, 9.17) is 15.2 Å². The number of fused-ring (bicyclic) bond motifs is 1. The number of ether oxygens (including phenoxy) is 2. The first-order valence-electron chi connectivity index (χ1n) is 11.5. The van der Waals surface area contributed by atoms with E-state index in [2.05, 4.69) is 15.2 Å². The van der Waals surface area contributed by atoms with Crippen LogP contribution in [-0.4, -0.2) is 60.8 Å². The number of hydrogen-bond acceptors (Lipinski definition) is 6. The molecule has 1 aromatic heterocycles. The Bertz CT molecular complexity index is 1250. The Balaban J connectivity index is 1.22. The van der Waals surface area contributed by atoms with E-state index in [1.807, 2.05) is 36.4 Å². The van der Waals surface area contributed by atoms with Gasteiger partial charge in [0.25, 0.3) is 5.91 Å². The van der Waals surface area contributed by atoms with E-state index >= 15 is 0 Å². The summed E-state index contributed by atoms with van der Waals surface area (Å²) in [4.78, 5) is 18.4. The lowest BCUT2D eigenvalue weighted by Gasteiger charge is -2.46. The van der Waals surface area contributed by atoms with Crippen LogP contribution in [0.25, 0.3) is 22.3 Å². The first kappa shape index (κ1) is 21.1. The zero-order valence-electron chi connectivity index (χ0n) is 18.6. The molecule has 1 amide bonds. The lowest BCUT2D eigenvalue weighted by atomic mass is 9.94. The highest BCUT2D eigenvalue weighted by Crippen LogP contribution is 2.34. The van der Waals surface area contributed by atoms with Crippen LogP contribution in [0.15, 0.2) is 48.5 Å². The Hall–Kier alpha value is -3.49. The summed E-state index contributed by atoms with van der Waals surface area (Å²) in [5, 5.41) is 2.84. The second-order valence-electron chi connectivity index (χ2n) is 9.05. The summed E-state index contributed by atoms with van der Waals surface area (Å²) in [5.41, 5.74) is 10.2. The monoisotopic (exact) mass is 460 g/mol. The number of nitrogens with one attached hydrogen (secondary N) is 1. The third kappa shape index (κ3) is 3.78. The second kappa shape index (κ2) is 8.38. The average molecular weight is 461 g/mol. The van der Waals surface area contributed by atoms with Crippen LogP contribution < -0.4 is 15.8 Å². The number of carbonyl (C=O) groups is 1. The van der Waals surface area contributed by atoms with E-state index < -0.39 is 5.95 Å². The van der Waals surface area contributed by atoms with E-state index in [0.717, 1.165) is 49.6 Å². The van der Waals surface area contributed by atoms with Crippen LogP contribution in [0.4, 0.5) is 10.2 Å². The standard InChI is InChI=1S/C26H25FN4O3/c27-24-22(15-1-4-19(5-2-15)34-20-11-31(12-20)18-13-33-14-18)10-23(25(28)30-24)16-3-6-21-17(9-16)7-8-29-26(21)32/h1-6,9-10,18,20H,7-8,11-14H2,(H2,28,30)(H,29,32). The third-order valence-corrected chi connectivity index (χ3v) is 6.83. The van der Waals surface area contributed by atoms with Crippen LogP contribution in [0.3, 0.4) is 0 Å². The van der Waals surface area contributed by atoms with Gasteiger partial charge in [0.1, 0.15) is 17.7 Å². The molecule has 4 heterocycles. The predicted octanol–water partition coefficient (Wildman–Crippen LogP) is 2.88. The molecule has 3 aliphatic rings. The fourth-order valence-corrected chi connectivity index (χ4v) is 4.72. The summed E-state index contributed by atoms with van der Waals surface area (Å²) in [6, 6.07) is 15.2. The molecule has 34 heavy (non-hydrogen) atoms. The second-order valence-corrected chi connectivity index (χ2v) is 9.05. The molecule has 3 aromatic rings. The van der Waals surface area contributed by atoms with Crippen molar-refractivity contribution >= 4 is 11.7 Å². The number of hydrogen-bond donors (Lipinski definition) is 2. The Labute approximate surface area is 196 Å². The third-order valence-electron chi connectivity index (χ3n) is 6.83. The molecule has 0 radical (unpaired) electrons. The van der Waals surface area contributed by atoms with Crippen molar-refractivity contribution in [1.29, 1.82) is 0 Å². The van der Waals surface area contributed by atoms with Crippen LogP contribution in [0.2, 0.25) is 0 Å². The molecule has 174 valence electrons. The Morgan fingerprint density at radius 3 is 2.53 bits per heavy atom. The van der Waals surface area contributed by atoms with Gasteiger partial charge in [0.2, 0.25) is 5.95 Å². The first-order valence-corrected chi connectivity index (χ1v) is 11.5. The first-order chi connectivity index (χ1) is 16.5. The van der Waals surface area contributed by atoms with Crippen LogP contribution in [-0.2, 0) is 11.2 Å². The van der Waals surface area contributed by atoms with Gasteiger partial charge in [0, 0.05) is 36.3 Å². The number of nitrogens with zero attached hydrogens (tertiary/aromatic N) is 2. The molecule has 3 aliphatic heterocycles. The van der Waals surface area contributed by atoms with Gasteiger partial charge in [-0.15, -0.1) is 0 Å². The van der Waals surface area contributed by atoms with E-state index in [-0.39, 0.29) is 17.8 Å². The van der Waals surface area contributed by atoms with Crippen molar-refractivity contribution in [3.05, 3.63) is 65.6 Å². The Morgan fingerprint density at radius 1 is 1.03 bits per heavy atom. The van der Waals surface area contributed by atoms with E-state index in [9.17, 15) is 9.18 Å². The van der Waals surface area contributed by atoms with Crippen molar-refractivity contribution in [1.82, 2.24) is 15.2 Å². The largest absolute Gasteiger partial charge is 0.488 e. The molecule has 0 aliphatic carbocycles. The minimum absolute atomic E-state index is 0.0762. The molecule has 0 bridgehead atoms. The van der Waals surface area contributed by atoms with Crippen LogP contribution in [0, 0.1) is 5.95 Å². The molecule has 0 atom stereocenters. The van der Waals surface area contributed by atoms with Gasteiger partial charge in [-0.25, -0.2) is 4.98 Å². The molecule has 3 N–H and O–H groups in total. The molecule has 6 rings (SSSR count).